The minimum Gasteiger partial charge on any atom is -0.493 e. The van der Waals surface area contributed by atoms with E-state index in [0.717, 1.165) is 28.0 Å². The molecule has 7 heteroatoms. The number of dihydropyridines is 1. The molecule has 1 aliphatic carbocycles. The summed E-state index contributed by atoms with van der Waals surface area (Å²) in [5, 5.41) is 3.45. The molecule has 0 saturated heterocycles. The van der Waals surface area contributed by atoms with Crippen LogP contribution in [0.15, 0.2) is 126 Å². The highest BCUT2D eigenvalue weighted by molar-refractivity contribution is 6.04. The average molecular weight is 616 g/mol. The van der Waals surface area contributed by atoms with E-state index in [1.54, 1.807) is 14.2 Å². The van der Waals surface area contributed by atoms with E-state index in [1.807, 2.05) is 110 Å². The molecule has 1 heterocycles. The van der Waals surface area contributed by atoms with Crippen LogP contribution in [0.2, 0.25) is 0 Å². The van der Waals surface area contributed by atoms with Gasteiger partial charge < -0.3 is 24.3 Å². The lowest BCUT2D eigenvalue weighted by atomic mass is 9.71. The van der Waals surface area contributed by atoms with Crippen LogP contribution >= 0.6 is 0 Å². The SMILES string of the molecule is COc1ccc([C@@H]2CC(=O)C3=C(C2)NC(C)=C(C(=O)OCc2ccccc2)[C@H]3c2ccccc2OCc2ccccc2)cc1OC. The molecule has 0 fully saturated rings. The van der Waals surface area contributed by atoms with Gasteiger partial charge in [0.25, 0.3) is 0 Å². The van der Waals surface area contributed by atoms with Gasteiger partial charge in [-0.3, -0.25) is 4.79 Å². The second-order valence-electron chi connectivity index (χ2n) is 11.5. The van der Waals surface area contributed by atoms with Crippen LogP contribution in [0.1, 0.15) is 53.9 Å². The molecule has 1 N–H and O–H groups in total. The van der Waals surface area contributed by atoms with Crippen LogP contribution in [0.3, 0.4) is 0 Å². The van der Waals surface area contributed by atoms with Crippen molar-refractivity contribution >= 4 is 11.8 Å². The smallest absolute Gasteiger partial charge is 0.337 e. The number of esters is 1. The number of carbonyl (C=O) groups is 2. The molecule has 4 aromatic carbocycles. The van der Waals surface area contributed by atoms with Crippen molar-refractivity contribution in [3.63, 3.8) is 0 Å². The van der Waals surface area contributed by atoms with Gasteiger partial charge in [-0.1, -0.05) is 84.9 Å². The predicted octanol–water partition coefficient (Wildman–Crippen LogP) is 7.39. The Kier molecular flexibility index (Phi) is 9.20. The molecule has 0 radical (unpaired) electrons. The van der Waals surface area contributed by atoms with Crippen LogP contribution in [-0.4, -0.2) is 26.0 Å². The Morgan fingerprint density at radius 2 is 1.41 bits per heavy atom. The molecule has 2 atom stereocenters. The first-order chi connectivity index (χ1) is 22.5. The van der Waals surface area contributed by atoms with E-state index in [2.05, 4.69) is 5.32 Å². The summed E-state index contributed by atoms with van der Waals surface area (Å²) < 4.78 is 23.2. The van der Waals surface area contributed by atoms with Gasteiger partial charge in [-0.15, -0.1) is 0 Å². The van der Waals surface area contributed by atoms with Crippen LogP contribution in [0.4, 0.5) is 0 Å². The van der Waals surface area contributed by atoms with Gasteiger partial charge in [-0.05, 0) is 54.2 Å². The summed E-state index contributed by atoms with van der Waals surface area (Å²) in [7, 11) is 3.20. The van der Waals surface area contributed by atoms with E-state index in [-0.39, 0.29) is 24.7 Å². The number of methoxy groups -OCH3 is 2. The molecule has 46 heavy (non-hydrogen) atoms. The van der Waals surface area contributed by atoms with Crippen molar-refractivity contribution in [3.05, 3.63) is 148 Å². The number of allylic oxidation sites excluding steroid dienone is 3. The molecule has 0 bridgehead atoms. The average Bonchev–Trinajstić information content (AvgIpc) is 3.09. The van der Waals surface area contributed by atoms with Crippen molar-refractivity contribution < 1.29 is 28.5 Å². The lowest BCUT2D eigenvalue weighted by Gasteiger charge is -2.37. The zero-order valence-electron chi connectivity index (χ0n) is 26.2. The van der Waals surface area contributed by atoms with Gasteiger partial charge in [0.2, 0.25) is 0 Å². The third-order valence-electron chi connectivity index (χ3n) is 8.61. The van der Waals surface area contributed by atoms with E-state index in [9.17, 15) is 9.59 Å². The van der Waals surface area contributed by atoms with Gasteiger partial charge in [-0.2, -0.15) is 0 Å². The Morgan fingerprint density at radius 1 is 0.761 bits per heavy atom. The maximum absolute atomic E-state index is 14.2. The van der Waals surface area contributed by atoms with E-state index >= 15 is 0 Å². The number of Topliss-reactive ketones (excluding diaryl/α,β-unsaturated/α-hetero) is 1. The number of hydrogen-bond acceptors (Lipinski definition) is 7. The molecule has 234 valence electrons. The third-order valence-corrected chi connectivity index (χ3v) is 8.61. The van der Waals surface area contributed by atoms with E-state index in [1.165, 1.54) is 0 Å². The van der Waals surface area contributed by atoms with Gasteiger partial charge in [0.1, 0.15) is 19.0 Å². The van der Waals surface area contributed by atoms with Gasteiger partial charge in [-0.25, -0.2) is 4.79 Å². The van der Waals surface area contributed by atoms with Crippen molar-refractivity contribution in [2.75, 3.05) is 14.2 Å². The Hall–Kier alpha value is -5.30. The molecular formula is C39H37NO6. The Labute approximate surface area is 269 Å². The molecular weight excluding hydrogens is 578 g/mol. The monoisotopic (exact) mass is 615 g/mol. The van der Waals surface area contributed by atoms with E-state index in [4.69, 9.17) is 18.9 Å². The van der Waals surface area contributed by atoms with Crippen LogP contribution in [-0.2, 0) is 27.5 Å². The molecule has 6 rings (SSSR count). The Balaban J connectivity index is 1.38. The number of ether oxygens (including phenoxy) is 4. The summed E-state index contributed by atoms with van der Waals surface area (Å²) in [6.07, 6.45) is 0.870. The fourth-order valence-corrected chi connectivity index (χ4v) is 6.35. The fourth-order valence-electron chi connectivity index (χ4n) is 6.35. The summed E-state index contributed by atoms with van der Waals surface area (Å²) in [6, 6.07) is 32.9. The Morgan fingerprint density at radius 3 is 2.11 bits per heavy atom. The summed E-state index contributed by atoms with van der Waals surface area (Å²) in [5.41, 5.74) is 6.06. The molecule has 2 aliphatic rings. The third kappa shape index (κ3) is 6.40. The molecule has 0 unspecified atom stereocenters. The van der Waals surface area contributed by atoms with Crippen molar-refractivity contribution in [2.45, 2.75) is 44.8 Å². The first kappa shape index (κ1) is 30.7. The van der Waals surface area contributed by atoms with Crippen molar-refractivity contribution in [1.29, 1.82) is 0 Å². The van der Waals surface area contributed by atoms with Gasteiger partial charge in [0.15, 0.2) is 17.3 Å². The van der Waals surface area contributed by atoms with Gasteiger partial charge in [0.05, 0.1) is 25.7 Å². The topological polar surface area (TPSA) is 83.1 Å². The highest BCUT2D eigenvalue weighted by Crippen LogP contribution is 2.48. The standard InChI is InChI=1S/C39H37NO6/c1-25-36(39(42)46-24-27-14-8-5-9-15-27)37(30-16-10-11-17-33(30)45-23-26-12-6-4-7-13-26)38-31(40-25)20-29(21-32(38)41)28-18-19-34(43-2)35(22-28)44-3/h4-19,22,29,37,40H,20-21,23-24H2,1-3H3/t29-,37+/m0/s1. The van der Waals surface area contributed by atoms with Crippen LogP contribution in [0, 0.1) is 0 Å². The lowest BCUT2D eigenvalue weighted by molar-refractivity contribution is -0.140. The molecule has 4 aromatic rings. The summed E-state index contributed by atoms with van der Waals surface area (Å²) in [6.45, 7) is 2.34. The van der Waals surface area contributed by atoms with E-state index in [0.29, 0.717) is 47.1 Å². The molecule has 7 nitrogen and oxygen atoms in total. The first-order valence-electron chi connectivity index (χ1n) is 15.4. The molecule has 1 aliphatic heterocycles. The number of carbonyl (C=O) groups excluding carboxylic acids is 2. The summed E-state index contributed by atoms with van der Waals surface area (Å²) in [5.74, 6) is 0.615. The number of nitrogens with one attached hydrogen (secondary N) is 1. The fraction of sp³-hybridized carbons (Fsp3) is 0.231. The number of hydrogen-bond donors (Lipinski definition) is 1. The minimum absolute atomic E-state index is 0.0303. The van der Waals surface area contributed by atoms with Crippen LogP contribution in [0.5, 0.6) is 17.2 Å². The highest BCUT2D eigenvalue weighted by Gasteiger charge is 2.42. The number of para-hydroxylation sites is 1. The second-order valence-corrected chi connectivity index (χ2v) is 11.5. The highest BCUT2D eigenvalue weighted by atomic mass is 16.5. The number of benzene rings is 4. The molecule has 0 spiro atoms. The van der Waals surface area contributed by atoms with Gasteiger partial charge in [0, 0.05) is 29.0 Å². The summed E-state index contributed by atoms with van der Waals surface area (Å²) in [4.78, 5) is 28.2. The second kappa shape index (κ2) is 13.8. The zero-order chi connectivity index (χ0) is 32.0. The molecule has 0 saturated carbocycles. The lowest BCUT2D eigenvalue weighted by Crippen LogP contribution is -2.36. The van der Waals surface area contributed by atoms with Gasteiger partial charge >= 0.3 is 5.97 Å². The largest absolute Gasteiger partial charge is 0.493 e. The first-order valence-corrected chi connectivity index (χ1v) is 15.4. The van der Waals surface area contributed by atoms with Crippen molar-refractivity contribution in [2.24, 2.45) is 0 Å². The normalized spacial score (nSPS) is 17.6. The zero-order valence-corrected chi connectivity index (χ0v) is 26.2. The molecule has 0 amide bonds. The van der Waals surface area contributed by atoms with Crippen LogP contribution in [0.25, 0.3) is 0 Å². The predicted molar refractivity (Wildman–Crippen MR) is 176 cm³/mol. The van der Waals surface area contributed by atoms with Crippen molar-refractivity contribution in [3.8, 4) is 17.2 Å². The maximum atomic E-state index is 14.2. The minimum atomic E-state index is -0.662. The van der Waals surface area contributed by atoms with Crippen LogP contribution < -0.4 is 19.5 Å². The van der Waals surface area contributed by atoms with E-state index < -0.39 is 11.9 Å². The number of ketones is 1. The molecule has 0 aromatic heterocycles. The van der Waals surface area contributed by atoms with Crippen molar-refractivity contribution in [1.82, 2.24) is 5.32 Å². The number of rotatable bonds is 10. The summed E-state index contributed by atoms with van der Waals surface area (Å²) >= 11 is 0. The quantitative estimate of drug-likeness (QED) is 0.186. The maximum Gasteiger partial charge on any atom is 0.337 e. The Bertz CT molecular complexity index is 1790.